The van der Waals surface area contributed by atoms with Crippen molar-refractivity contribution in [1.29, 1.82) is 0 Å². The Morgan fingerprint density at radius 1 is 1.89 bits per heavy atom. The van der Waals surface area contributed by atoms with Crippen molar-refractivity contribution >= 4 is 11.1 Å². The van der Waals surface area contributed by atoms with Crippen LogP contribution >= 0.6 is 0 Å². The Morgan fingerprint density at radius 2 is 2.44 bits per heavy atom. The van der Waals surface area contributed by atoms with Gasteiger partial charge in [0.1, 0.15) is 0 Å². The summed E-state index contributed by atoms with van der Waals surface area (Å²) in [6.07, 6.45) is 2.57. The molecule has 0 bridgehead atoms. The Kier molecular flexibility index (Phi) is 4.62. The molecule has 3 heteroatoms. The first kappa shape index (κ1) is 8.85. The number of hydrogen-bond acceptors (Lipinski definition) is 1. The van der Waals surface area contributed by atoms with Crippen LogP contribution in [0.5, 0.6) is 0 Å². The van der Waals surface area contributed by atoms with Crippen LogP contribution in [0.2, 0.25) is 0 Å². The number of hydrogen-bond donors (Lipinski definition) is 1. The van der Waals surface area contributed by atoms with E-state index in [4.69, 9.17) is 4.55 Å². The molecule has 0 amide bonds. The van der Waals surface area contributed by atoms with Crippen molar-refractivity contribution in [2.75, 3.05) is 5.75 Å². The van der Waals surface area contributed by atoms with E-state index in [9.17, 15) is 4.21 Å². The van der Waals surface area contributed by atoms with Gasteiger partial charge in [-0.15, -0.1) is 6.58 Å². The van der Waals surface area contributed by atoms with Crippen molar-refractivity contribution in [3.05, 3.63) is 12.7 Å². The molecule has 1 unspecified atom stereocenters. The Labute approximate surface area is 58.3 Å². The van der Waals surface area contributed by atoms with E-state index in [0.29, 0.717) is 5.75 Å². The fourth-order valence-corrected chi connectivity index (χ4v) is 1.22. The highest BCUT2D eigenvalue weighted by molar-refractivity contribution is 7.79. The predicted molar refractivity (Wildman–Crippen MR) is 39.6 cm³/mol. The van der Waals surface area contributed by atoms with Gasteiger partial charge in [0.15, 0.2) is 11.1 Å². The van der Waals surface area contributed by atoms with E-state index in [2.05, 4.69) is 6.58 Å². The van der Waals surface area contributed by atoms with Crippen LogP contribution < -0.4 is 0 Å². The monoisotopic (exact) mass is 148 g/mol. The van der Waals surface area contributed by atoms with Gasteiger partial charge in [0.2, 0.25) is 0 Å². The van der Waals surface area contributed by atoms with E-state index < -0.39 is 11.1 Å². The molecule has 0 aromatic heterocycles. The van der Waals surface area contributed by atoms with Crippen molar-refractivity contribution in [3.8, 4) is 0 Å². The van der Waals surface area contributed by atoms with Crippen LogP contribution in [0.25, 0.3) is 0 Å². The van der Waals surface area contributed by atoms with E-state index in [1.54, 1.807) is 6.08 Å². The summed E-state index contributed by atoms with van der Waals surface area (Å²) in [5.41, 5.74) is 0. The summed E-state index contributed by atoms with van der Waals surface area (Å²) in [6, 6.07) is 0. The van der Waals surface area contributed by atoms with Crippen LogP contribution in [0.15, 0.2) is 12.7 Å². The summed E-state index contributed by atoms with van der Waals surface area (Å²) in [4.78, 5) is 0. The van der Waals surface area contributed by atoms with Crippen LogP contribution in [0.3, 0.4) is 0 Å². The Hall–Kier alpha value is -0.150. The molecule has 0 aliphatic rings. The number of rotatable bonds is 4. The minimum Gasteiger partial charge on any atom is -0.306 e. The van der Waals surface area contributed by atoms with Crippen LogP contribution in [-0.2, 0) is 11.1 Å². The lowest BCUT2D eigenvalue weighted by molar-refractivity contribution is 0.544. The molecule has 1 N–H and O–H groups in total. The van der Waals surface area contributed by atoms with Crippen molar-refractivity contribution in [2.45, 2.75) is 13.3 Å². The van der Waals surface area contributed by atoms with Crippen LogP contribution in [0.4, 0.5) is 0 Å². The van der Waals surface area contributed by atoms with Crippen molar-refractivity contribution in [3.63, 3.8) is 0 Å². The van der Waals surface area contributed by atoms with Gasteiger partial charge >= 0.3 is 0 Å². The zero-order valence-corrected chi connectivity index (χ0v) is 6.36. The molecular formula is C6H12O2S. The fraction of sp³-hybridized carbons (Fsp3) is 0.667. The second kappa shape index (κ2) is 4.70. The minimum atomic E-state index is -1.64. The molecule has 0 aliphatic carbocycles. The third kappa shape index (κ3) is 5.73. The summed E-state index contributed by atoms with van der Waals surface area (Å²) in [6.45, 7) is 5.45. The average Bonchev–Trinajstić information content (AvgIpc) is 1.63. The van der Waals surface area contributed by atoms with Gasteiger partial charge in [0.05, 0.1) is 5.75 Å². The van der Waals surface area contributed by atoms with Gasteiger partial charge in [-0.3, -0.25) is 0 Å². The van der Waals surface area contributed by atoms with Crippen molar-refractivity contribution in [1.82, 2.24) is 0 Å². The molecule has 0 aromatic carbocycles. The lowest BCUT2D eigenvalue weighted by Crippen LogP contribution is -2.05. The maximum Gasteiger partial charge on any atom is 0.153 e. The molecule has 2 atom stereocenters. The van der Waals surface area contributed by atoms with E-state index >= 15 is 0 Å². The molecule has 9 heavy (non-hydrogen) atoms. The highest BCUT2D eigenvalue weighted by Gasteiger charge is 2.01. The molecule has 2 nitrogen and oxygen atoms in total. The summed E-state index contributed by atoms with van der Waals surface area (Å²) in [7, 11) is 0. The molecular weight excluding hydrogens is 136 g/mol. The highest BCUT2D eigenvalue weighted by Crippen LogP contribution is 2.02. The standard InChI is InChI=1S/C6H12O2S/c1-3-4-6(2)5-9(7)8/h3,6H,1,4-5H2,2H3,(H,7,8)/t6-/m0/s1. The Bertz CT molecular complexity index is 112. The molecule has 0 radical (unpaired) electrons. The normalized spacial score (nSPS) is 16.7. The van der Waals surface area contributed by atoms with E-state index in [1.165, 1.54) is 0 Å². The van der Waals surface area contributed by atoms with Gasteiger partial charge in [-0.2, -0.15) is 0 Å². The predicted octanol–water partition coefficient (Wildman–Crippen LogP) is 1.42. The largest absolute Gasteiger partial charge is 0.306 e. The molecule has 0 saturated carbocycles. The molecule has 0 rings (SSSR count). The summed E-state index contributed by atoms with van der Waals surface area (Å²) in [5, 5.41) is 0. The molecule has 0 aliphatic heterocycles. The lowest BCUT2D eigenvalue weighted by Gasteiger charge is -2.02. The molecule has 0 heterocycles. The average molecular weight is 148 g/mol. The van der Waals surface area contributed by atoms with Crippen LogP contribution in [0, 0.1) is 5.92 Å². The second-order valence-electron chi connectivity index (χ2n) is 2.12. The molecule has 0 fully saturated rings. The quantitative estimate of drug-likeness (QED) is 0.483. The second-order valence-corrected chi connectivity index (χ2v) is 3.09. The Morgan fingerprint density at radius 3 is 2.78 bits per heavy atom. The highest BCUT2D eigenvalue weighted by atomic mass is 32.2. The SMILES string of the molecule is C=CC[C@H](C)CS(=O)O. The van der Waals surface area contributed by atoms with Crippen LogP contribution in [-0.4, -0.2) is 14.5 Å². The topological polar surface area (TPSA) is 37.3 Å². The van der Waals surface area contributed by atoms with Crippen molar-refractivity contribution in [2.24, 2.45) is 5.92 Å². The Balaban J connectivity index is 3.37. The number of allylic oxidation sites excluding steroid dienone is 1. The fourth-order valence-electron chi connectivity index (χ4n) is 0.596. The maximum absolute atomic E-state index is 10.2. The van der Waals surface area contributed by atoms with E-state index in [0.717, 1.165) is 6.42 Å². The molecule has 0 aromatic rings. The summed E-state index contributed by atoms with van der Waals surface area (Å²) < 4.78 is 18.5. The first-order chi connectivity index (χ1) is 4.16. The van der Waals surface area contributed by atoms with E-state index in [-0.39, 0.29) is 5.92 Å². The smallest absolute Gasteiger partial charge is 0.153 e. The van der Waals surface area contributed by atoms with Crippen molar-refractivity contribution < 1.29 is 8.76 Å². The third-order valence-electron chi connectivity index (χ3n) is 0.996. The van der Waals surface area contributed by atoms with Gasteiger partial charge in [0, 0.05) is 0 Å². The van der Waals surface area contributed by atoms with Gasteiger partial charge in [-0.1, -0.05) is 13.0 Å². The molecule has 54 valence electrons. The molecule has 0 spiro atoms. The van der Waals surface area contributed by atoms with Crippen LogP contribution in [0.1, 0.15) is 13.3 Å². The van der Waals surface area contributed by atoms with Gasteiger partial charge in [-0.05, 0) is 12.3 Å². The minimum absolute atomic E-state index is 0.272. The third-order valence-corrected chi connectivity index (χ3v) is 1.85. The zero-order chi connectivity index (χ0) is 7.28. The van der Waals surface area contributed by atoms with Gasteiger partial charge in [0.25, 0.3) is 0 Å². The lowest BCUT2D eigenvalue weighted by atomic mass is 10.1. The van der Waals surface area contributed by atoms with E-state index in [1.807, 2.05) is 6.92 Å². The first-order valence-corrected chi connectivity index (χ1v) is 4.12. The first-order valence-electron chi connectivity index (χ1n) is 2.85. The van der Waals surface area contributed by atoms with Gasteiger partial charge < -0.3 is 4.55 Å². The summed E-state index contributed by atoms with van der Waals surface area (Å²) in [5.74, 6) is 0.625. The van der Waals surface area contributed by atoms with Gasteiger partial charge in [-0.25, -0.2) is 4.21 Å². The zero-order valence-electron chi connectivity index (χ0n) is 5.54. The summed E-state index contributed by atoms with van der Waals surface area (Å²) >= 11 is -1.64. The molecule has 0 saturated heterocycles. The maximum atomic E-state index is 10.2.